The largest absolute Gasteiger partial charge is 0.267 e. The van der Waals surface area contributed by atoms with E-state index < -0.39 is 0 Å². The van der Waals surface area contributed by atoms with Crippen LogP contribution in [-0.4, -0.2) is 12.8 Å². The van der Waals surface area contributed by atoms with Gasteiger partial charge in [-0.1, -0.05) is 71.4 Å². The van der Waals surface area contributed by atoms with E-state index in [1.165, 1.54) is 32.1 Å². The van der Waals surface area contributed by atoms with Crippen LogP contribution in [0.2, 0.25) is 0 Å². The number of hydrogen-bond donors (Lipinski definition) is 0. The van der Waals surface area contributed by atoms with Crippen LogP contribution in [0.1, 0.15) is 71.4 Å². The summed E-state index contributed by atoms with van der Waals surface area (Å²) in [4.78, 5) is 2.79. The Bertz CT molecular complexity index is 934. The molecule has 2 nitrogen and oxygen atoms in total. The van der Waals surface area contributed by atoms with E-state index in [9.17, 15) is 0 Å². The fourth-order valence-electron chi connectivity index (χ4n) is 6.95. The van der Waals surface area contributed by atoms with Gasteiger partial charge in [0.15, 0.2) is 18.5 Å². The Hall–Kier alpha value is -1.80. The third-order valence-electron chi connectivity index (χ3n) is 8.90. The van der Waals surface area contributed by atoms with Crippen molar-refractivity contribution < 1.29 is 0 Å². The van der Waals surface area contributed by atoms with Crippen LogP contribution in [0.25, 0.3) is 0 Å². The summed E-state index contributed by atoms with van der Waals surface area (Å²) >= 11 is 0. The number of para-hydroxylation sites is 2. The lowest BCUT2D eigenvalue weighted by Gasteiger charge is -2.65. The molecule has 4 atom stereocenters. The van der Waals surface area contributed by atoms with E-state index in [0.717, 1.165) is 11.2 Å². The first kappa shape index (κ1) is 18.2. The maximum absolute atomic E-state index is 2.79. The molecule has 1 saturated heterocycles. The molecule has 0 saturated carbocycles. The highest BCUT2D eigenvalue weighted by Crippen LogP contribution is 2.71. The normalized spacial score (nSPS) is 34.5. The molecular weight excluding hydrogens is 340 g/mol. The van der Waals surface area contributed by atoms with Gasteiger partial charge in [-0.15, -0.1) is 0 Å². The Labute approximate surface area is 170 Å². The number of aryl methyl sites for hydroxylation is 1. The second-order valence-corrected chi connectivity index (χ2v) is 9.72. The van der Waals surface area contributed by atoms with Gasteiger partial charge in [0.1, 0.15) is 11.4 Å². The number of rotatable bonds is 5. The zero-order valence-corrected chi connectivity index (χ0v) is 18.3. The lowest BCUT2D eigenvalue weighted by molar-refractivity contribution is -0.0219. The highest BCUT2D eigenvalue weighted by molar-refractivity contribution is 5.90. The van der Waals surface area contributed by atoms with Crippen LogP contribution in [0, 0.1) is 5.41 Å². The predicted octanol–water partition coefficient (Wildman–Crippen LogP) is 6.88. The monoisotopic (exact) mass is 375 g/mol. The molecule has 2 heteroatoms. The Morgan fingerprint density at radius 1 is 0.964 bits per heavy atom. The first-order valence-electron chi connectivity index (χ1n) is 11.4. The molecule has 0 amide bonds. The summed E-state index contributed by atoms with van der Waals surface area (Å²) in [5, 5.41) is 0. The van der Waals surface area contributed by atoms with Gasteiger partial charge in [0.25, 0.3) is 0 Å². The van der Waals surface area contributed by atoms with Gasteiger partial charge in [-0.2, -0.15) is 0 Å². The Balaban J connectivity index is 1.79. The van der Waals surface area contributed by atoms with E-state index in [0.29, 0.717) is 6.17 Å². The smallest absolute Gasteiger partial charge is 0.186 e. The topological polar surface area (TPSA) is 3.24 Å². The van der Waals surface area contributed by atoms with E-state index in [-0.39, 0.29) is 10.8 Å². The fourth-order valence-corrected chi connectivity index (χ4v) is 6.95. The maximum atomic E-state index is 2.79. The van der Waals surface area contributed by atoms with Gasteiger partial charge in [0.05, 0.1) is 5.41 Å². The van der Waals surface area contributed by atoms with Crippen LogP contribution >= 0.6 is 0 Å². The lowest BCUT2D eigenvalue weighted by atomic mass is 9.53. The first-order valence-corrected chi connectivity index (χ1v) is 11.4. The molecule has 2 aromatic carbocycles. The quantitative estimate of drug-likeness (QED) is 0.515. The second kappa shape index (κ2) is 5.86. The number of nitrogens with zero attached hydrogens (tertiary/aromatic N) is 2. The summed E-state index contributed by atoms with van der Waals surface area (Å²) < 4.78 is 1.06. The standard InChI is InChI=1S/C26H35N2/c1-6-9-13-19-14-12-17-22-23(19)27-18-28(22)21-16-11-10-15-20(21)25(4,7-2)26(5,8-3)24(27)28/h10-12,14-17,24H,6-9,13,18H2,1-5H3/q+1. The van der Waals surface area contributed by atoms with Crippen LogP contribution in [0.5, 0.6) is 0 Å². The minimum Gasteiger partial charge on any atom is -0.267 e. The van der Waals surface area contributed by atoms with Crippen molar-refractivity contribution in [3.05, 3.63) is 53.6 Å². The van der Waals surface area contributed by atoms with E-state index >= 15 is 0 Å². The number of quaternary nitrogens is 1. The molecule has 3 heterocycles. The van der Waals surface area contributed by atoms with Gasteiger partial charge < -0.3 is 0 Å². The second-order valence-electron chi connectivity index (χ2n) is 9.72. The number of anilines is 1. The van der Waals surface area contributed by atoms with Crippen LogP contribution < -0.4 is 9.38 Å². The zero-order valence-electron chi connectivity index (χ0n) is 18.3. The third kappa shape index (κ3) is 1.79. The van der Waals surface area contributed by atoms with Gasteiger partial charge in [0.2, 0.25) is 0 Å². The molecule has 1 fully saturated rings. The molecule has 3 aliphatic rings. The van der Waals surface area contributed by atoms with Crippen LogP contribution in [-0.2, 0) is 11.8 Å². The number of fused-ring (bicyclic) bond motifs is 3. The maximum Gasteiger partial charge on any atom is 0.186 e. The van der Waals surface area contributed by atoms with Gasteiger partial charge in [-0.25, -0.2) is 4.48 Å². The Kier molecular flexibility index (Phi) is 3.82. The minimum absolute atomic E-state index is 0.203. The average molecular weight is 376 g/mol. The zero-order chi connectivity index (χ0) is 19.7. The summed E-state index contributed by atoms with van der Waals surface area (Å²) in [7, 11) is 0. The van der Waals surface area contributed by atoms with E-state index in [1.807, 2.05) is 0 Å². The van der Waals surface area contributed by atoms with Gasteiger partial charge >= 0.3 is 0 Å². The molecular formula is C26H35N2+. The molecule has 2 bridgehead atoms. The molecule has 0 N–H and O–H groups in total. The van der Waals surface area contributed by atoms with Gasteiger partial charge in [-0.3, -0.25) is 4.90 Å². The molecule has 148 valence electrons. The van der Waals surface area contributed by atoms with Crippen molar-refractivity contribution in [3.63, 3.8) is 0 Å². The van der Waals surface area contributed by atoms with Crippen molar-refractivity contribution in [2.45, 2.75) is 78.3 Å². The molecule has 4 unspecified atom stereocenters. The third-order valence-corrected chi connectivity index (χ3v) is 8.90. The predicted molar refractivity (Wildman–Crippen MR) is 120 cm³/mol. The van der Waals surface area contributed by atoms with Crippen molar-refractivity contribution in [2.75, 3.05) is 11.6 Å². The van der Waals surface area contributed by atoms with Crippen LogP contribution in [0.3, 0.4) is 0 Å². The number of hydrogen-bond acceptors (Lipinski definition) is 1. The molecule has 0 spiro atoms. The average Bonchev–Trinajstić information content (AvgIpc) is 3.21. The molecule has 5 rings (SSSR count). The molecule has 0 aromatic heterocycles. The first-order chi connectivity index (χ1) is 13.5. The van der Waals surface area contributed by atoms with Crippen molar-refractivity contribution in [1.82, 2.24) is 4.48 Å². The van der Waals surface area contributed by atoms with Gasteiger partial charge in [0, 0.05) is 17.0 Å². The van der Waals surface area contributed by atoms with Gasteiger partial charge in [-0.05, 0) is 37.3 Å². The Morgan fingerprint density at radius 2 is 1.71 bits per heavy atom. The highest BCUT2D eigenvalue weighted by atomic mass is 15.7. The number of unbranched alkanes of at least 4 members (excludes halogenated alkanes) is 1. The van der Waals surface area contributed by atoms with E-state index in [2.05, 4.69) is 82.0 Å². The van der Waals surface area contributed by atoms with Crippen molar-refractivity contribution >= 4 is 17.1 Å². The lowest BCUT2D eigenvalue weighted by Crippen LogP contribution is -2.80. The SMILES string of the molecule is CCCCc1cccc2c1N1C[N+]23c2ccccc2C(C)(CC)C(C)(CC)C13. The Morgan fingerprint density at radius 3 is 2.43 bits per heavy atom. The highest BCUT2D eigenvalue weighted by Gasteiger charge is 2.76. The van der Waals surface area contributed by atoms with Crippen molar-refractivity contribution in [3.8, 4) is 0 Å². The fraction of sp³-hybridized carbons (Fsp3) is 0.538. The van der Waals surface area contributed by atoms with E-state index in [4.69, 9.17) is 0 Å². The summed E-state index contributed by atoms with van der Waals surface area (Å²) in [5.41, 5.74) is 8.29. The summed E-state index contributed by atoms with van der Waals surface area (Å²) in [6.45, 7) is 13.3. The summed E-state index contributed by atoms with van der Waals surface area (Å²) in [5.74, 6) is 0. The molecule has 3 aliphatic heterocycles. The van der Waals surface area contributed by atoms with Crippen molar-refractivity contribution in [1.29, 1.82) is 0 Å². The summed E-state index contributed by atoms with van der Waals surface area (Å²) in [6, 6.07) is 16.5. The van der Waals surface area contributed by atoms with Crippen LogP contribution in [0.4, 0.5) is 17.1 Å². The molecule has 28 heavy (non-hydrogen) atoms. The number of benzene rings is 2. The molecule has 0 aliphatic carbocycles. The minimum atomic E-state index is 0.203. The van der Waals surface area contributed by atoms with E-state index in [1.54, 1.807) is 28.2 Å². The van der Waals surface area contributed by atoms with Crippen molar-refractivity contribution in [2.24, 2.45) is 5.41 Å². The molecule has 0 radical (unpaired) electrons. The summed E-state index contributed by atoms with van der Waals surface area (Å²) in [6.07, 6.45) is 6.69. The molecule has 2 aromatic rings. The van der Waals surface area contributed by atoms with Crippen LogP contribution in [0.15, 0.2) is 42.5 Å².